The Morgan fingerprint density at radius 2 is 1.85 bits per heavy atom. The van der Waals surface area contributed by atoms with Gasteiger partial charge in [-0.3, -0.25) is 4.79 Å². The summed E-state index contributed by atoms with van der Waals surface area (Å²) in [6.07, 6.45) is 1.64. The molecule has 0 atom stereocenters. The van der Waals surface area contributed by atoms with E-state index >= 15 is 0 Å². The Morgan fingerprint density at radius 1 is 1.15 bits per heavy atom. The van der Waals surface area contributed by atoms with E-state index in [0.29, 0.717) is 30.6 Å². The van der Waals surface area contributed by atoms with E-state index in [1.807, 2.05) is 29.2 Å². The molecule has 27 heavy (non-hydrogen) atoms. The second-order valence-corrected chi connectivity index (χ2v) is 7.02. The highest BCUT2D eigenvalue weighted by Crippen LogP contribution is 2.21. The number of nitrogens with one attached hydrogen (secondary N) is 1. The van der Waals surface area contributed by atoms with Crippen LogP contribution in [0.3, 0.4) is 0 Å². The number of amides is 1. The number of methoxy groups -OCH3 is 1. The molecule has 7 heteroatoms. The Hall–Kier alpha value is -2.83. The van der Waals surface area contributed by atoms with Crippen molar-refractivity contribution >= 4 is 17.5 Å². The van der Waals surface area contributed by atoms with Crippen molar-refractivity contribution in [3.63, 3.8) is 0 Å². The Labute approximate surface area is 160 Å². The summed E-state index contributed by atoms with van der Waals surface area (Å²) in [5.41, 5.74) is 1.58. The van der Waals surface area contributed by atoms with Crippen LogP contribution >= 0.6 is 0 Å². The van der Waals surface area contributed by atoms with Crippen LogP contribution < -0.4 is 15.0 Å². The molecule has 1 N–H and O–H groups in total. The zero-order valence-electron chi connectivity index (χ0n) is 16.2. The average Bonchev–Trinajstić information content (AvgIpc) is 2.72. The Kier molecular flexibility index (Phi) is 6.11. The minimum Gasteiger partial charge on any atom is -0.497 e. The highest BCUT2D eigenvalue weighted by molar-refractivity contribution is 5.92. The lowest BCUT2D eigenvalue weighted by Crippen LogP contribution is -2.49. The van der Waals surface area contributed by atoms with Crippen LogP contribution in [0.25, 0.3) is 0 Å². The first-order valence-corrected chi connectivity index (χ1v) is 9.32. The molecule has 7 nitrogen and oxygen atoms in total. The molecular formula is C20H27N5O2. The molecule has 0 radical (unpaired) electrons. The standard InChI is InChI=1S/C20H27N5O2/c1-15(2)14-22-20-21-9-8-18(23-20)19(26)25-12-10-24(11-13-25)16-4-6-17(27-3)7-5-16/h4-9,15H,10-14H2,1-3H3,(H,21,22,23). The van der Waals surface area contributed by atoms with E-state index in [2.05, 4.69) is 34.0 Å². The van der Waals surface area contributed by atoms with Gasteiger partial charge in [-0.15, -0.1) is 0 Å². The Balaban J connectivity index is 1.58. The molecule has 3 rings (SSSR count). The van der Waals surface area contributed by atoms with Gasteiger partial charge in [0.1, 0.15) is 11.4 Å². The molecule has 0 unspecified atom stereocenters. The van der Waals surface area contributed by atoms with Crippen molar-refractivity contribution in [3.8, 4) is 5.75 Å². The van der Waals surface area contributed by atoms with Gasteiger partial charge in [-0.25, -0.2) is 9.97 Å². The minimum absolute atomic E-state index is 0.0422. The molecule has 1 aliphatic heterocycles. The average molecular weight is 369 g/mol. The van der Waals surface area contributed by atoms with Crippen molar-refractivity contribution in [1.82, 2.24) is 14.9 Å². The van der Waals surface area contributed by atoms with E-state index in [0.717, 1.165) is 31.1 Å². The van der Waals surface area contributed by atoms with Gasteiger partial charge in [0.25, 0.3) is 5.91 Å². The first-order valence-electron chi connectivity index (χ1n) is 9.32. The van der Waals surface area contributed by atoms with Crippen LogP contribution in [0.15, 0.2) is 36.5 Å². The van der Waals surface area contributed by atoms with Crippen LogP contribution in [0.5, 0.6) is 5.75 Å². The van der Waals surface area contributed by atoms with Crippen LogP contribution in [0.4, 0.5) is 11.6 Å². The third kappa shape index (κ3) is 4.87. The Bertz CT molecular complexity index is 755. The SMILES string of the molecule is COc1ccc(N2CCN(C(=O)c3ccnc(NCC(C)C)n3)CC2)cc1. The van der Waals surface area contributed by atoms with Crippen LogP contribution in [0, 0.1) is 5.92 Å². The van der Waals surface area contributed by atoms with Gasteiger partial charge < -0.3 is 19.9 Å². The molecule has 144 valence electrons. The first-order chi connectivity index (χ1) is 13.1. The number of hydrogen-bond donors (Lipinski definition) is 1. The molecule has 1 amide bonds. The zero-order valence-corrected chi connectivity index (χ0v) is 16.2. The first kappa shape index (κ1) is 18.9. The lowest BCUT2D eigenvalue weighted by molar-refractivity contribution is 0.0741. The number of rotatable bonds is 6. The number of hydrogen-bond acceptors (Lipinski definition) is 6. The fourth-order valence-electron chi connectivity index (χ4n) is 2.98. The maximum atomic E-state index is 12.8. The summed E-state index contributed by atoms with van der Waals surface area (Å²) in [6, 6.07) is 9.69. The fraction of sp³-hybridized carbons (Fsp3) is 0.450. The van der Waals surface area contributed by atoms with Crippen LogP contribution in [0.1, 0.15) is 24.3 Å². The fourth-order valence-corrected chi connectivity index (χ4v) is 2.98. The molecule has 1 aliphatic rings. The van der Waals surface area contributed by atoms with Gasteiger partial charge in [-0.05, 0) is 36.2 Å². The highest BCUT2D eigenvalue weighted by Gasteiger charge is 2.23. The van der Waals surface area contributed by atoms with Gasteiger partial charge in [0.15, 0.2) is 0 Å². The number of carbonyl (C=O) groups is 1. The van der Waals surface area contributed by atoms with E-state index < -0.39 is 0 Å². The molecule has 1 aromatic heterocycles. The molecule has 1 fully saturated rings. The second-order valence-electron chi connectivity index (χ2n) is 7.02. The predicted octanol–water partition coefficient (Wildman–Crippen LogP) is 2.52. The minimum atomic E-state index is -0.0422. The van der Waals surface area contributed by atoms with Crippen molar-refractivity contribution in [1.29, 1.82) is 0 Å². The molecule has 1 saturated heterocycles. The van der Waals surface area contributed by atoms with E-state index in [-0.39, 0.29) is 5.91 Å². The van der Waals surface area contributed by atoms with E-state index in [4.69, 9.17) is 4.74 Å². The number of aromatic nitrogens is 2. The summed E-state index contributed by atoms with van der Waals surface area (Å²) < 4.78 is 5.21. The number of nitrogens with zero attached hydrogens (tertiary/aromatic N) is 4. The summed E-state index contributed by atoms with van der Waals surface area (Å²) in [5.74, 6) is 1.79. The lowest BCUT2D eigenvalue weighted by atomic mass is 10.2. The third-order valence-corrected chi connectivity index (χ3v) is 4.55. The summed E-state index contributed by atoms with van der Waals surface area (Å²) >= 11 is 0. The second kappa shape index (κ2) is 8.70. The van der Waals surface area contributed by atoms with Crippen molar-refractivity contribution in [2.24, 2.45) is 5.92 Å². The highest BCUT2D eigenvalue weighted by atomic mass is 16.5. The van der Waals surface area contributed by atoms with Gasteiger partial charge >= 0.3 is 0 Å². The number of benzene rings is 1. The van der Waals surface area contributed by atoms with Crippen molar-refractivity contribution in [3.05, 3.63) is 42.2 Å². The van der Waals surface area contributed by atoms with E-state index in [1.165, 1.54) is 0 Å². The van der Waals surface area contributed by atoms with Gasteiger partial charge in [0.05, 0.1) is 7.11 Å². The number of piperazine rings is 1. The van der Waals surface area contributed by atoms with Gasteiger partial charge in [0.2, 0.25) is 5.95 Å². The molecule has 0 saturated carbocycles. The lowest BCUT2D eigenvalue weighted by Gasteiger charge is -2.36. The van der Waals surface area contributed by atoms with Crippen LogP contribution in [-0.2, 0) is 0 Å². The van der Waals surface area contributed by atoms with Gasteiger partial charge in [-0.2, -0.15) is 0 Å². The number of anilines is 2. The summed E-state index contributed by atoms with van der Waals surface area (Å²) in [5, 5.41) is 3.17. The number of carbonyl (C=O) groups excluding carboxylic acids is 1. The summed E-state index contributed by atoms with van der Waals surface area (Å²) in [7, 11) is 1.66. The van der Waals surface area contributed by atoms with E-state index in [9.17, 15) is 4.79 Å². The molecule has 0 bridgehead atoms. The molecule has 0 aliphatic carbocycles. The van der Waals surface area contributed by atoms with Crippen molar-refractivity contribution in [2.45, 2.75) is 13.8 Å². The summed E-state index contributed by atoms with van der Waals surface area (Å²) in [4.78, 5) is 25.5. The topological polar surface area (TPSA) is 70.6 Å². The normalized spacial score (nSPS) is 14.4. The summed E-state index contributed by atoms with van der Waals surface area (Å²) in [6.45, 7) is 7.93. The van der Waals surface area contributed by atoms with Gasteiger partial charge in [-0.1, -0.05) is 13.8 Å². The zero-order chi connectivity index (χ0) is 19.2. The van der Waals surface area contributed by atoms with Crippen molar-refractivity contribution in [2.75, 3.05) is 50.1 Å². The monoisotopic (exact) mass is 369 g/mol. The predicted molar refractivity (Wildman–Crippen MR) is 106 cm³/mol. The molecule has 0 spiro atoms. The van der Waals surface area contributed by atoms with Crippen LogP contribution in [0.2, 0.25) is 0 Å². The smallest absolute Gasteiger partial charge is 0.272 e. The molecule has 2 heterocycles. The number of ether oxygens (including phenoxy) is 1. The quantitative estimate of drug-likeness (QED) is 0.844. The van der Waals surface area contributed by atoms with Crippen LogP contribution in [-0.4, -0.2) is 60.6 Å². The molecular weight excluding hydrogens is 342 g/mol. The molecule has 1 aromatic carbocycles. The maximum Gasteiger partial charge on any atom is 0.272 e. The largest absolute Gasteiger partial charge is 0.497 e. The molecule has 2 aromatic rings. The van der Waals surface area contributed by atoms with Gasteiger partial charge in [0, 0.05) is 44.6 Å². The Morgan fingerprint density at radius 3 is 2.48 bits per heavy atom. The maximum absolute atomic E-state index is 12.8. The van der Waals surface area contributed by atoms with E-state index in [1.54, 1.807) is 19.4 Å². The van der Waals surface area contributed by atoms with Crippen molar-refractivity contribution < 1.29 is 9.53 Å². The third-order valence-electron chi connectivity index (χ3n) is 4.55.